The number of nitrogens with zero attached hydrogens (tertiary/aromatic N) is 1. The normalized spacial score (nSPS) is 20.9. The molecular formula is C11H21N3O3. The van der Waals surface area contributed by atoms with Crippen LogP contribution >= 0.6 is 0 Å². The van der Waals surface area contributed by atoms with E-state index < -0.39 is 0 Å². The Bertz CT molecular complexity index is 271. The zero-order chi connectivity index (χ0) is 12.7. The van der Waals surface area contributed by atoms with Crippen LogP contribution in [0.4, 0.5) is 4.79 Å². The molecule has 0 saturated carbocycles. The van der Waals surface area contributed by atoms with Crippen LogP contribution < -0.4 is 11.1 Å². The van der Waals surface area contributed by atoms with Crippen LogP contribution in [0.3, 0.4) is 0 Å². The first kappa shape index (κ1) is 13.8. The number of likely N-dealkylation sites (tertiary alicyclic amines) is 1. The summed E-state index contributed by atoms with van der Waals surface area (Å²) in [5.41, 5.74) is 5.11. The highest BCUT2D eigenvalue weighted by atomic mass is 16.5. The molecule has 17 heavy (non-hydrogen) atoms. The largest absolute Gasteiger partial charge is 0.450 e. The highest BCUT2D eigenvalue weighted by Gasteiger charge is 2.21. The van der Waals surface area contributed by atoms with Gasteiger partial charge in [0.15, 0.2) is 0 Å². The third-order valence-corrected chi connectivity index (χ3v) is 2.78. The molecular weight excluding hydrogens is 222 g/mol. The van der Waals surface area contributed by atoms with E-state index in [-0.39, 0.29) is 18.0 Å². The number of alkyl carbamates (subject to hydrolysis) is 1. The number of carbonyl (C=O) groups excluding carboxylic acids is 2. The number of ether oxygens (including phenoxy) is 1. The van der Waals surface area contributed by atoms with Crippen LogP contribution in [0.2, 0.25) is 0 Å². The van der Waals surface area contributed by atoms with Gasteiger partial charge in [-0.15, -0.1) is 0 Å². The van der Waals surface area contributed by atoms with Crippen molar-refractivity contribution in [2.45, 2.75) is 32.2 Å². The Balaban J connectivity index is 2.28. The van der Waals surface area contributed by atoms with Crippen molar-refractivity contribution >= 4 is 12.0 Å². The molecule has 6 nitrogen and oxygen atoms in total. The van der Waals surface area contributed by atoms with Crippen molar-refractivity contribution < 1.29 is 14.3 Å². The number of amides is 2. The molecule has 1 fully saturated rings. The Labute approximate surface area is 101 Å². The third-order valence-electron chi connectivity index (χ3n) is 2.78. The molecule has 1 rings (SSSR count). The van der Waals surface area contributed by atoms with Gasteiger partial charge in [0.05, 0.1) is 6.61 Å². The van der Waals surface area contributed by atoms with Gasteiger partial charge in [-0.3, -0.25) is 4.79 Å². The van der Waals surface area contributed by atoms with Crippen LogP contribution in [0.25, 0.3) is 0 Å². The Morgan fingerprint density at radius 3 is 2.94 bits per heavy atom. The molecule has 1 saturated heterocycles. The van der Waals surface area contributed by atoms with Crippen molar-refractivity contribution in [1.82, 2.24) is 10.2 Å². The van der Waals surface area contributed by atoms with E-state index in [0.717, 1.165) is 25.9 Å². The minimum absolute atomic E-state index is 0.107. The molecule has 1 unspecified atom stereocenters. The van der Waals surface area contributed by atoms with Gasteiger partial charge in [0.1, 0.15) is 0 Å². The number of carbonyl (C=O) groups is 2. The first-order valence-electron chi connectivity index (χ1n) is 6.05. The fourth-order valence-corrected chi connectivity index (χ4v) is 1.98. The van der Waals surface area contributed by atoms with Gasteiger partial charge in [0, 0.05) is 25.6 Å². The van der Waals surface area contributed by atoms with Crippen molar-refractivity contribution in [2.75, 3.05) is 26.2 Å². The molecule has 0 radical (unpaired) electrons. The lowest BCUT2D eigenvalue weighted by Crippen LogP contribution is -2.48. The zero-order valence-electron chi connectivity index (χ0n) is 10.3. The smallest absolute Gasteiger partial charge is 0.407 e. The quantitative estimate of drug-likeness (QED) is 0.715. The van der Waals surface area contributed by atoms with Crippen LogP contribution in [0.1, 0.15) is 26.2 Å². The van der Waals surface area contributed by atoms with Crippen LogP contribution in [-0.2, 0) is 9.53 Å². The molecule has 0 aliphatic carbocycles. The fourth-order valence-electron chi connectivity index (χ4n) is 1.98. The molecule has 1 aliphatic heterocycles. The second-order valence-corrected chi connectivity index (χ2v) is 4.22. The van der Waals surface area contributed by atoms with Gasteiger partial charge in [0.25, 0.3) is 0 Å². The van der Waals surface area contributed by atoms with E-state index in [9.17, 15) is 9.59 Å². The summed E-state index contributed by atoms with van der Waals surface area (Å²) in [6.07, 6.45) is 1.96. The van der Waals surface area contributed by atoms with Gasteiger partial charge in [-0.2, -0.15) is 0 Å². The van der Waals surface area contributed by atoms with E-state index >= 15 is 0 Å². The fraction of sp³-hybridized carbons (Fsp3) is 0.818. The average Bonchev–Trinajstić information content (AvgIpc) is 2.27. The van der Waals surface area contributed by atoms with Gasteiger partial charge in [-0.25, -0.2) is 4.79 Å². The number of nitrogens with one attached hydrogen (secondary N) is 1. The highest BCUT2D eigenvalue weighted by molar-refractivity contribution is 5.73. The summed E-state index contributed by atoms with van der Waals surface area (Å²) >= 11 is 0. The van der Waals surface area contributed by atoms with Gasteiger partial charge in [-0.05, 0) is 26.3 Å². The summed E-state index contributed by atoms with van der Waals surface area (Å²) in [5.74, 6) is -0.287. The molecule has 6 heteroatoms. The molecule has 2 amide bonds. The van der Waals surface area contributed by atoms with Crippen LogP contribution in [0.15, 0.2) is 0 Å². The Morgan fingerprint density at radius 1 is 1.53 bits per heavy atom. The van der Waals surface area contributed by atoms with Crippen LogP contribution in [0.5, 0.6) is 0 Å². The maximum atomic E-state index is 11.3. The Kier molecular flexibility index (Phi) is 5.76. The third kappa shape index (κ3) is 5.53. The van der Waals surface area contributed by atoms with Crippen molar-refractivity contribution in [2.24, 2.45) is 5.73 Å². The van der Waals surface area contributed by atoms with E-state index in [4.69, 9.17) is 10.5 Å². The molecule has 1 atom stereocenters. The van der Waals surface area contributed by atoms with Crippen LogP contribution in [0, 0.1) is 0 Å². The summed E-state index contributed by atoms with van der Waals surface area (Å²) in [7, 11) is 0. The summed E-state index contributed by atoms with van der Waals surface area (Å²) in [5, 5.41) is 2.82. The Hall–Kier alpha value is -1.30. The van der Waals surface area contributed by atoms with Gasteiger partial charge in [0.2, 0.25) is 5.91 Å². The lowest BCUT2D eigenvalue weighted by atomic mass is 10.1. The van der Waals surface area contributed by atoms with Gasteiger partial charge < -0.3 is 20.7 Å². The molecule has 1 heterocycles. The second-order valence-electron chi connectivity index (χ2n) is 4.22. The molecule has 1 aliphatic rings. The van der Waals surface area contributed by atoms with Gasteiger partial charge in [-0.1, -0.05) is 0 Å². The minimum Gasteiger partial charge on any atom is -0.450 e. The van der Waals surface area contributed by atoms with E-state index in [1.54, 1.807) is 6.92 Å². The predicted molar refractivity (Wildman–Crippen MR) is 63.4 cm³/mol. The first-order chi connectivity index (χ1) is 8.11. The number of rotatable bonds is 5. The minimum atomic E-state index is -0.366. The average molecular weight is 243 g/mol. The molecule has 0 bridgehead atoms. The molecule has 0 aromatic carbocycles. The van der Waals surface area contributed by atoms with Crippen molar-refractivity contribution in [3.63, 3.8) is 0 Å². The SMILES string of the molecule is CCOC(=O)NC1CCCN(CCC(N)=O)C1. The van der Waals surface area contributed by atoms with E-state index in [1.807, 2.05) is 0 Å². The van der Waals surface area contributed by atoms with Gasteiger partial charge >= 0.3 is 6.09 Å². The first-order valence-corrected chi connectivity index (χ1v) is 6.05. The number of primary amides is 1. The highest BCUT2D eigenvalue weighted by Crippen LogP contribution is 2.10. The topological polar surface area (TPSA) is 84.7 Å². The van der Waals surface area contributed by atoms with Crippen LogP contribution in [-0.4, -0.2) is 49.2 Å². The van der Waals surface area contributed by atoms with E-state index in [0.29, 0.717) is 19.6 Å². The summed E-state index contributed by atoms with van der Waals surface area (Å²) in [4.78, 5) is 24.1. The molecule has 0 aromatic rings. The predicted octanol–water partition coefficient (Wildman–Crippen LogP) is 0.0723. The number of piperidine rings is 1. The molecule has 3 N–H and O–H groups in total. The zero-order valence-corrected chi connectivity index (χ0v) is 10.3. The molecule has 0 aromatic heterocycles. The van der Waals surface area contributed by atoms with E-state index in [2.05, 4.69) is 10.2 Å². The maximum absolute atomic E-state index is 11.3. The summed E-state index contributed by atoms with van der Waals surface area (Å²) in [6, 6.07) is 0.107. The van der Waals surface area contributed by atoms with Crippen molar-refractivity contribution in [1.29, 1.82) is 0 Å². The lowest BCUT2D eigenvalue weighted by Gasteiger charge is -2.32. The number of hydrogen-bond acceptors (Lipinski definition) is 4. The number of hydrogen-bond donors (Lipinski definition) is 2. The maximum Gasteiger partial charge on any atom is 0.407 e. The molecule has 0 spiro atoms. The Morgan fingerprint density at radius 2 is 2.29 bits per heavy atom. The summed E-state index contributed by atoms with van der Waals surface area (Å²) in [6.45, 7) is 4.53. The number of nitrogens with two attached hydrogens (primary N) is 1. The molecule has 98 valence electrons. The lowest BCUT2D eigenvalue weighted by molar-refractivity contribution is -0.118. The standard InChI is InChI=1S/C11H21N3O3/c1-2-17-11(16)13-9-4-3-6-14(8-9)7-5-10(12)15/h9H,2-8H2,1H3,(H2,12,15)(H,13,16). The van der Waals surface area contributed by atoms with E-state index in [1.165, 1.54) is 0 Å². The van der Waals surface area contributed by atoms with Crippen molar-refractivity contribution in [3.05, 3.63) is 0 Å². The summed E-state index contributed by atoms with van der Waals surface area (Å²) < 4.78 is 4.84. The monoisotopic (exact) mass is 243 g/mol. The second kappa shape index (κ2) is 7.11. The van der Waals surface area contributed by atoms with Crippen molar-refractivity contribution in [3.8, 4) is 0 Å².